The summed E-state index contributed by atoms with van der Waals surface area (Å²) in [5, 5.41) is 0. The Hall–Kier alpha value is -2.71. The molecule has 0 bridgehead atoms. The van der Waals surface area contributed by atoms with Gasteiger partial charge in [-0.3, -0.25) is 9.88 Å². The molecule has 3 atom stereocenters. The zero-order chi connectivity index (χ0) is 23.5. The van der Waals surface area contributed by atoms with Crippen LogP contribution in [0.2, 0.25) is 0 Å². The van der Waals surface area contributed by atoms with Crippen molar-refractivity contribution in [3.8, 4) is 5.88 Å². The van der Waals surface area contributed by atoms with Crippen molar-refractivity contribution in [2.24, 2.45) is 0 Å². The van der Waals surface area contributed by atoms with Crippen LogP contribution in [0.3, 0.4) is 0 Å². The first kappa shape index (κ1) is 23.1. The first-order valence-electron chi connectivity index (χ1n) is 12.3. The summed E-state index contributed by atoms with van der Waals surface area (Å²) >= 11 is 0. The molecule has 0 aliphatic carbocycles. The molecule has 2 fully saturated rings. The Morgan fingerprint density at radius 1 is 1.18 bits per heavy atom. The van der Waals surface area contributed by atoms with Crippen molar-refractivity contribution >= 4 is 0 Å². The van der Waals surface area contributed by atoms with Crippen molar-refractivity contribution in [1.82, 2.24) is 24.7 Å². The fourth-order valence-corrected chi connectivity index (χ4v) is 5.25. The summed E-state index contributed by atoms with van der Waals surface area (Å²) in [6, 6.07) is 7.95. The second-order valence-electron chi connectivity index (χ2n) is 9.56. The second kappa shape index (κ2) is 10.3. The number of aromatic nitrogens is 2. The average Bonchev–Trinajstić information content (AvgIpc) is 3.20. The van der Waals surface area contributed by atoms with Crippen molar-refractivity contribution in [3.63, 3.8) is 0 Å². The molecule has 1 unspecified atom stereocenters. The lowest BCUT2D eigenvalue weighted by atomic mass is 9.92. The zero-order valence-electron chi connectivity index (χ0n) is 20.0. The van der Waals surface area contributed by atoms with Gasteiger partial charge in [-0.15, -0.1) is 0 Å². The fourth-order valence-electron chi connectivity index (χ4n) is 5.25. The lowest BCUT2D eigenvalue weighted by Crippen LogP contribution is -2.56. The molecule has 2 aromatic heterocycles. The fraction of sp³-hybridized carbons (Fsp3) is 0.538. The van der Waals surface area contributed by atoms with Gasteiger partial charge in [0.2, 0.25) is 5.88 Å². The van der Waals surface area contributed by atoms with Crippen LogP contribution in [0.25, 0.3) is 0 Å². The van der Waals surface area contributed by atoms with Gasteiger partial charge < -0.3 is 19.3 Å². The zero-order valence-corrected chi connectivity index (χ0v) is 20.0. The van der Waals surface area contributed by atoms with E-state index in [0.29, 0.717) is 35.7 Å². The van der Waals surface area contributed by atoms with Gasteiger partial charge in [-0.05, 0) is 51.4 Å². The number of pyridine rings is 2. The average molecular weight is 468 g/mol. The number of rotatable bonds is 8. The van der Waals surface area contributed by atoms with Crippen molar-refractivity contribution in [1.29, 1.82) is 0 Å². The maximum atomic E-state index is 13.8. The monoisotopic (exact) mass is 467 g/mol. The predicted octanol–water partition coefficient (Wildman–Crippen LogP) is 3.60. The van der Waals surface area contributed by atoms with Crippen LogP contribution in [0.5, 0.6) is 5.88 Å². The Kier molecular flexibility index (Phi) is 6.97. The van der Waals surface area contributed by atoms with Gasteiger partial charge in [0.25, 0.3) is 0 Å². The maximum Gasteiger partial charge on any atom is 0.213 e. The van der Waals surface area contributed by atoms with E-state index in [1.54, 1.807) is 12.3 Å². The van der Waals surface area contributed by atoms with E-state index in [4.69, 9.17) is 14.5 Å². The summed E-state index contributed by atoms with van der Waals surface area (Å²) in [4.78, 5) is 15.9. The van der Waals surface area contributed by atoms with E-state index in [0.717, 1.165) is 51.2 Å². The second-order valence-corrected chi connectivity index (χ2v) is 9.56. The quantitative estimate of drug-likeness (QED) is 0.588. The van der Waals surface area contributed by atoms with E-state index in [1.807, 2.05) is 12.1 Å². The van der Waals surface area contributed by atoms with Crippen LogP contribution in [-0.4, -0.2) is 76.3 Å². The standard InChI is InChI=1S/C26H34FN5O2/c1-19(26-30(2)13-14-32(26)17-22-9-15-33-22)31-11-7-20(8-12-31)24-4-3-5-25(29-24)34-18-21-6-10-28-16-23(21)27/h3-6,10,13-14,16,19-20,22,26H,7-9,11-12,15,17-18H2,1-2H3/t19-,22-,26?/m0/s1. The number of hydrogen-bond acceptors (Lipinski definition) is 7. The number of likely N-dealkylation sites (tertiary alicyclic amines) is 1. The third-order valence-electron chi connectivity index (χ3n) is 7.39. The third kappa shape index (κ3) is 5.03. The molecule has 0 aromatic carbocycles. The number of ether oxygens (including phenoxy) is 2. The summed E-state index contributed by atoms with van der Waals surface area (Å²) in [7, 11) is 2.17. The molecule has 0 spiro atoms. The molecule has 2 aromatic rings. The van der Waals surface area contributed by atoms with E-state index in [-0.39, 0.29) is 12.4 Å². The van der Waals surface area contributed by atoms with Crippen LogP contribution in [0.15, 0.2) is 49.1 Å². The molecule has 0 N–H and O–H groups in total. The summed E-state index contributed by atoms with van der Waals surface area (Å²) in [5.41, 5.74) is 1.54. The molecule has 5 rings (SSSR count). The van der Waals surface area contributed by atoms with Gasteiger partial charge in [-0.25, -0.2) is 9.37 Å². The van der Waals surface area contributed by atoms with Gasteiger partial charge in [-0.1, -0.05) is 6.07 Å². The number of piperidine rings is 1. The minimum atomic E-state index is -0.359. The van der Waals surface area contributed by atoms with Crippen LogP contribution in [0.4, 0.5) is 4.39 Å². The van der Waals surface area contributed by atoms with E-state index >= 15 is 0 Å². The molecule has 7 nitrogen and oxygen atoms in total. The lowest BCUT2D eigenvalue weighted by molar-refractivity contribution is -0.0745. The molecular formula is C26H34FN5O2. The highest BCUT2D eigenvalue weighted by Gasteiger charge is 2.36. The van der Waals surface area contributed by atoms with Crippen LogP contribution < -0.4 is 4.74 Å². The maximum absolute atomic E-state index is 13.8. The topological polar surface area (TPSA) is 54.0 Å². The van der Waals surface area contributed by atoms with Gasteiger partial charge in [0, 0.05) is 68.1 Å². The highest BCUT2D eigenvalue weighted by atomic mass is 19.1. The SMILES string of the molecule is C[C@@H](C1N(C)C=CN1C[C@@H]1CCO1)N1CCC(c2cccc(OCc3ccncc3F)n2)CC1. The molecule has 3 aliphatic heterocycles. The summed E-state index contributed by atoms with van der Waals surface area (Å²) < 4.78 is 25.3. The number of nitrogens with zero attached hydrogens (tertiary/aromatic N) is 5. The van der Waals surface area contributed by atoms with E-state index in [1.165, 1.54) is 6.20 Å². The summed E-state index contributed by atoms with van der Waals surface area (Å²) in [5.74, 6) is 0.586. The van der Waals surface area contributed by atoms with Gasteiger partial charge in [0.15, 0.2) is 0 Å². The first-order valence-corrected chi connectivity index (χ1v) is 12.3. The van der Waals surface area contributed by atoms with E-state index < -0.39 is 0 Å². The van der Waals surface area contributed by atoms with Gasteiger partial charge in [0.05, 0.1) is 12.3 Å². The van der Waals surface area contributed by atoms with E-state index in [9.17, 15) is 4.39 Å². The van der Waals surface area contributed by atoms with Crippen LogP contribution in [0, 0.1) is 5.82 Å². The summed E-state index contributed by atoms with van der Waals surface area (Å²) in [6.07, 6.45) is 11.2. The summed E-state index contributed by atoms with van der Waals surface area (Å²) in [6.45, 7) is 6.43. The molecule has 0 saturated carbocycles. The minimum absolute atomic E-state index is 0.145. The van der Waals surface area contributed by atoms with Crippen molar-refractivity contribution in [2.75, 3.05) is 33.3 Å². The molecule has 2 saturated heterocycles. The molecule has 34 heavy (non-hydrogen) atoms. The van der Waals surface area contributed by atoms with Gasteiger partial charge in [-0.2, -0.15) is 0 Å². The smallest absolute Gasteiger partial charge is 0.213 e. The highest BCUT2D eigenvalue weighted by Crippen LogP contribution is 2.31. The Bertz CT molecular complexity index is 993. The highest BCUT2D eigenvalue weighted by molar-refractivity contribution is 5.20. The first-order chi connectivity index (χ1) is 16.6. The third-order valence-corrected chi connectivity index (χ3v) is 7.39. The molecule has 5 heterocycles. The van der Waals surface area contributed by atoms with Crippen molar-refractivity contribution < 1.29 is 13.9 Å². The van der Waals surface area contributed by atoms with Gasteiger partial charge >= 0.3 is 0 Å². The minimum Gasteiger partial charge on any atom is -0.473 e. The Balaban J connectivity index is 1.16. The van der Waals surface area contributed by atoms with Crippen molar-refractivity contribution in [3.05, 3.63) is 66.1 Å². The molecular weight excluding hydrogens is 433 g/mol. The molecule has 182 valence electrons. The Morgan fingerprint density at radius 2 is 2.00 bits per heavy atom. The largest absolute Gasteiger partial charge is 0.473 e. The van der Waals surface area contributed by atoms with E-state index in [2.05, 4.69) is 52.1 Å². The lowest BCUT2D eigenvalue weighted by Gasteiger charge is -2.44. The van der Waals surface area contributed by atoms with Crippen LogP contribution >= 0.6 is 0 Å². The molecule has 8 heteroatoms. The predicted molar refractivity (Wildman–Crippen MR) is 128 cm³/mol. The Morgan fingerprint density at radius 3 is 2.74 bits per heavy atom. The number of hydrogen-bond donors (Lipinski definition) is 0. The number of likely N-dealkylation sites (N-methyl/N-ethyl adjacent to an activating group) is 1. The molecule has 0 amide bonds. The molecule has 3 aliphatic rings. The molecule has 0 radical (unpaired) electrons. The van der Waals surface area contributed by atoms with Gasteiger partial charge in [0.1, 0.15) is 18.6 Å². The van der Waals surface area contributed by atoms with Crippen LogP contribution in [-0.2, 0) is 11.3 Å². The number of halogens is 1. The normalized spacial score (nSPS) is 24.3. The Labute approximate surface area is 201 Å². The van der Waals surface area contributed by atoms with Crippen molar-refractivity contribution in [2.45, 2.75) is 57.0 Å². The van der Waals surface area contributed by atoms with Crippen LogP contribution in [0.1, 0.15) is 43.4 Å².